The number of aliphatic carboxylic acids is 1. The lowest BCUT2D eigenvalue weighted by Crippen LogP contribution is -2.28. The molecule has 1 amide bonds. The number of hydrogen-bond acceptors (Lipinski definition) is 3. The van der Waals surface area contributed by atoms with Gasteiger partial charge in [-0.25, -0.2) is 4.79 Å². The van der Waals surface area contributed by atoms with E-state index in [1.54, 1.807) is 0 Å². The lowest BCUT2D eigenvalue weighted by molar-refractivity contribution is -0.133. The normalized spacial score (nSPS) is 15.8. The van der Waals surface area contributed by atoms with Gasteiger partial charge in [0, 0.05) is 6.54 Å². The molecule has 1 aliphatic rings. The van der Waals surface area contributed by atoms with Gasteiger partial charge >= 0.3 is 5.97 Å². The number of nitrogens with zero attached hydrogens (tertiary/aromatic N) is 1. The van der Waals surface area contributed by atoms with Crippen LogP contribution in [0.15, 0.2) is 11.3 Å². The number of carboxylic acid groups (broad SMARTS) is 1. The van der Waals surface area contributed by atoms with E-state index in [2.05, 4.69) is 6.92 Å². The molecule has 0 bridgehead atoms. The van der Waals surface area contributed by atoms with Crippen LogP contribution in [0.4, 0.5) is 0 Å². The summed E-state index contributed by atoms with van der Waals surface area (Å²) in [5.41, 5.74) is -0.191. The average Bonchev–Trinajstić information content (AvgIpc) is 2.57. The number of hydrogen-bond donors (Lipinski definition) is 2. The summed E-state index contributed by atoms with van der Waals surface area (Å²) < 4.78 is 0. The summed E-state index contributed by atoms with van der Waals surface area (Å²) >= 11 is 0. The Bertz CT molecular complexity index is 335. The molecule has 0 atom stereocenters. The van der Waals surface area contributed by atoms with Gasteiger partial charge in [-0.05, 0) is 6.42 Å². The minimum Gasteiger partial charge on any atom is -0.503 e. The SMILES string of the molecule is CCCCCCCN1CC(C(=O)O)=C(O)C1=O. The Labute approximate surface area is 101 Å². The van der Waals surface area contributed by atoms with Crippen LogP contribution < -0.4 is 0 Å². The van der Waals surface area contributed by atoms with Crippen LogP contribution in [-0.2, 0) is 9.59 Å². The molecule has 0 aliphatic carbocycles. The zero-order valence-electron chi connectivity index (χ0n) is 10.1. The molecule has 0 fully saturated rings. The van der Waals surface area contributed by atoms with Gasteiger partial charge in [0.2, 0.25) is 0 Å². The molecule has 96 valence electrons. The molecule has 1 rings (SSSR count). The van der Waals surface area contributed by atoms with Gasteiger partial charge in [-0.2, -0.15) is 0 Å². The molecule has 1 heterocycles. The van der Waals surface area contributed by atoms with Crippen molar-refractivity contribution in [1.29, 1.82) is 0 Å². The second-order valence-electron chi connectivity index (χ2n) is 4.27. The van der Waals surface area contributed by atoms with E-state index in [0.717, 1.165) is 25.7 Å². The van der Waals surface area contributed by atoms with Crippen molar-refractivity contribution in [3.05, 3.63) is 11.3 Å². The third-order valence-electron chi connectivity index (χ3n) is 2.91. The molecule has 0 saturated heterocycles. The van der Waals surface area contributed by atoms with E-state index in [0.29, 0.717) is 6.54 Å². The van der Waals surface area contributed by atoms with Crippen molar-refractivity contribution in [2.75, 3.05) is 13.1 Å². The number of aliphatic hydroxyl groups is 1. The summed E-state index contributed by atoms with van der Waals surface area (Å²) in [5.74, 6) is -2.38. The predicted octanol–water partition coefficient (Wildman–Crippen LogP) is 1.70. The highest BCUT2D eigenvalue weighted by Crippen LogP contribution is 2.18. The maximum atomic E-state index is 11.5. The summed E-state index contributed by atoms with van der Waals surface area (Å²) in [7, 11) is 0. The molecule has 0 spiro atoms. The van der Waals surface area contributed by atoms with E-state index in [4.69, 9.17) is 5.11 Å². The molecule has 5 nitrogen and oxygen atoms in total. The van der Waals surface area contributed by atoms with Gasteiger partial charge in [-0.3, -0.25) is 4.79 Å². The predicted molar refractivity (Wildman–Crippen MR) is 62.6 cm³/mol. The van der Waals surface area contributed by atoms with E-state index in [9.17, 15) is 14.7 Å². The highest BCUT2D eigenvalue weighted by molar-refractivity contribution is 6.04. The molecule has 0 radical (unpaired) electrons. The van der Waals surface area contributed by atoms with Crippen LogP contribution in [0.1, 0.15) is 39.0 Å². The van der Waals surface area contributed by atoms with Gasteiger partial charge in [-0.15, -0.1) is 0 Å². The minimum atomic E-state index is -1.22. The fourth-order valence-corrected chi connectivity index (χ4v) is 1.87. The summed E-state index contributed by atoms with van der Waals surface area (Å²) in [6, 6.07) is 0. The molecule has 0 aromatic rings. The first kappa shape index (κ1) is 13.5. The first-order valence-electron chi connectivity index (χ1n) is 6.02. The highest BCUT2D eigenvalue weighted by Gasteiger charge is 2.33. The molecule has 17 heavy (non-hydrogen) atoms. The Morgan fingerprint density at radius 3 is 2.47 bits per heavy atom. The Morgan fingerprint density at radius 2 is 1.94 bits per heavy atom. The molecule has 2 N–H and O–H groups in total. The first-order valence-corrected chi connectivity index (χ1v) is 6.02. The zero-order valence-corrected chi connectivity index (χ0v) is 10.1. The zero-order chi connectivity index (χ0) is 12.8. The minimum absolute atomic E-state index is 0.0216. The number of amides is 1. The van der Waals surface area contributed by atoms with E-state index in [1.165, 1.54) is 11.3 Å². The summed E-state index contributed by atoms with van der Waals surface area (Å²) in [4.78, 5) is 23.6. The van der Waals surface area contributed by atoms with Crippen LogP contribution in [-0.4, -0.2) is 40.1 Å². The van der Waals surface area contributed by atoms with Gasteiger partial charge in [-0.1, -0.05) is 32.6 Å². The smallest absolute Gasteiger partial charge is 0.337 e. The molecule has 0 aromatic heterocycles. The number of unbranched alkanes of at least 4 members (excludes halogenated alkanes) is 4. The number of rotatable bonds is 7. The summed E-state index contributed by atoms with van der Waals surface area (Å²) in [6.07, 6.45) is 5.35. The van der Waals surface area contributed by atoms with Crippen LogP contribution in [0.3, 0.4) is 0 Å². The van der Waals surface area contributed by atoms with Crippen LogP contribution in [0.5, 0.6) is 0 Å². The lowest BCUT2D eigenvalue weighted by atomic mass is 10.1. The van der Waals surface area contributed by atoms with Crippen molar-refractivity contribution in [2.24, 2.45) is 0 Å². The molecule has 0 unspecified atom stereocenters. The fourth-order valence-electron chi connectivity index (χ4n) is 1.87. The van der Waals surface area contributed by atoms with Crippen LogP contribution >= 0.6 is 0 Å². The lowest BCUT2D eigenvalue weighted by Gasteiger charge is -2.15. The second kappa shape index (κ2) is 6.27. The van der Waals surface area contributed by atoms with Gasteiger partial charge in [0.1, 0.15) is 5.57 Å². The first-order chi connectivity index (χ1) is 8.07. The average molecular weight is 241 g/mol. The Morgan fingerprint density at radius 1 is 1.29 bits per heavy atom. The second-order valence-corrected chi connectivity index (χ2v) is 4.27. The maximum Gasteiger partial charge on any atom is 0.337 e. The van der Waals surface area contributed by atoms with Gasteiger partial charge < -0.3 is 15.1 Å². The van der Waals surface area contributed by atoms with Crippen molar-refractivity contribution in [3.8, 4) is 0 Å². The van der Waals surface area contributed by atoms with Crippen molar-refractivity contribution in [3.63, 3.8) is 0 Å². The van der Waals surface area contributed by atoms with Crippen LogP contribution in [0, 0.1) is 0 Å². The standard InChI is InChI=1S/C12H19NO4/c1-2-3-4-5-6-7-13-8-9(12(16)17)10(14)11(13)15/h14H,2-8H2,1H3,(H,16,17). The van der Waals surface area contributed by atoms with Gasteiger partial charge in [0.25, 0.3) is 5.91 Å². The molecule has 0 aromatic carbocycles. The number of aliphatic hydroxyl groups excluding tert-OH is 1. The Balaban J connectivity index is 2.35. The Hall–Kier alpha value is -1.52. The largest absolute Gasteiger partial charge is 0.503 e. The van der Waals surface area contributed by atoms with Crippen molar-refractivity contribution >= 4 is 11.9 Å². The summed E-state index contributed by atoms with van der Waals surface area (Å²) in [5, 5.41) is 18.1. The van der Waals surface area contributed by atoms with E-state index in [1.807, 2.05) is 0 Å². The van der Waals surface area contributed by atoms with Crippen LogP contribution in [0.25, 0.3) is 0 Å². The van der Waals surface area contributed by atoms with E-state index < -0.39 is 17.6 Å². The molecular formula is C12H19NO4. The quantitative estimate of drug-likeness (QED) is 0.665. The van der Waals surface area contributed by atoms with E-state index in [-0.39, 0.29) is 12.1 Å². The van der Waals surface area contributed by atoms with Gasteiger partial charge in [0.05, 0.1) is 6.54 Å². The number of carboxylic acids is 1. The van der Waals surface area contributed by atoms with Crippen molar-refractivity contribution < 1.29 is 19.8 Å². The third-order valence-corrected chi connectivity index (χ3v) is 2.91. The van der Waals surface area contributed by atoms with Gasteiger partial charge in [0.15, 0.2) is 5.76 Å². The summed E-state index contributed by atoms with van der Waals surface area (Å²) in [6.45, 7) is 2.67. The highest BCUT2D eigenvalue weighted by atomic mass is 16.4. The van der Waals surface area contributed by atoms with Crippen molar-refractivity contribution in [2.45, 2.75) is 39.0 Å². The van der Waals surface area contributed by atoms with Crippen molar-refractivity contribution in [1.82, 2.24) is 4.90 Å². The number of carbonyl (C=O) groups excluding carboxylic acids is 1. The number of carbonyl (C=O) groups is 2. The molecule has 0 saturated carbocycles. The fraction of sp³-hybridized carbons (Fsp3) is 0.667. The Kier molecular flexibility index (Phi) is 5.00. The van der Waals surface area contributed by atoms with Crippen LogP contribution in [0.2, 0.25) is 0 Å². The topological polar surface area (TPSA) is 77.8 Å². The molecule has 5 heteroatoms. The molecular weight excluding hydrogens is 222 g/mol. The third kappa shape index (κ3) is 3.47. The maximum absolute atomic E-state index is 11.5. The molecule has 1 aliphatic heterocycles. The van der Waals surface area contributed by atoms with E-state index >= 15 is 0 Å². The monoisotopic (exact) mass is 241 g/mol.